The normalized spacial score (nSPS) is 15.6. The Hall–Kier alpha value is -1.87. The Balaban J connectivity index is 0.00000300. The van der Waals surface area contributed by atoms with Crippen molar-refractivity contribution in [2.45, 2.75) is 32.4 Å². The molecule has 29 heavy (non-hydrogen) atoms. The summed E-state index contributed by atoms with van der Waals surface area (Å²) < 4.78 is 0. The third-order valence-corrected chi connectivity index (χ3v) is 5.15. The lowest BCUT2D eigenvalue weighted by Gasteiger charge is -2.32. The number of piperidine rings is 1. The van der Waals surface area contributed by atoms with Crippen LogP contribution in [0.25, 0.3) is 10.8 Å². The summed E-state index contributed by atoms with van der Waals surface area (Å²) in [5.74, 6) is 0.942. The topological polar surface area (TPSA) is 68.8 Å². The van der Waals surface area contributed by atoms with E-state index in [1.165, 1.54) is 16.3 Å². The lowest BCUT2D eigenvalue weighted by molar-refractivity contribution is -0.122. The number of likely N-dealkylation sites (tertiary alicyclic amines) is 1. The van der Waals surface area contributed by atoms with Gasteiger partial charge in [-0.05, 0) is 42.2 Å². The third kappa shape index (κ3) is 7.15. The number of aliphatic imine (C=N–C) groups is 1. The molecule has 0 bridgehead atoms. The number of rotatable bonds is 6. The van der Waals surface area contributed by atoms with Gasteiger partial charge in [0.25, 0.3) is 0 Å². The van der Waals surface area contributed by atoms with Crippen molar-refractivity contribution < 1.29 is 4.79 Å². The Bertz CT molecular complexity index is 818. The fraction of sp³-hybridized carbons (Fsp3) is 0.455. The molecule has 1 saturated heterocycles. The zero-order valence-electron chi connectivity index (χ0n) is 17.3. The van der Waals surface area contributed by atoms with E-state index in [1.807, 2.05) is 0 Å². The van der Waals surface area contributed by atoms with Gasteiger partial charge in [0.05, 0.1) is 13.1 Å². The van der Waals surface area contributed by atoms with Gasteiger partial charge in [0.2, 0.25) is 5.91 Å². The largest absolute Gasteiger partial charge is 0.358 e. The van der Waals surface area contributed by atoms with Gasteiger partial charge in [0.15, 0.2) is 5.96 Å². The number of benzene rings is 2. The Labute approximate surface area is 190 Å². The highest BCUT2D eigenvalue weighted by molar-refractivity contribution is 14.0. The monoisotopic (exact) mass is 509 g/mol. The molecular formula is C22H32IN5O. The molecule has 1 amide bonds. The smallest absolute Gasteiger partial charge is 0.233 e. The average Bonchev–Trinajstić information content (AvgIpc) is 2.73. The first-order chi connectivity index (χ1) is 13.7. The van der Waals surface area contributed by atoms with Crippen LogP contribution >= 0.6 is 24.0 Å². The van der Waals surface area contributed by atoms with Crippen molar-refractivity contribution >= 4 is 46.6 Å². The van der Waals surface area contributed by atoms with Crippen LogP contribution in [0.1, 0.15) is 25.3 Å². The molecule has 0 radical (unpaired) electrons. The first-order valence-corrected chi connectivity index (χ1v) is 10.1. The van der Waals surface area contributed by atoms with E-state index < -0.39 is 0 Å². The molecule has 158 valence electrons. The standard InChI is InChI=1S/C22H31N5O.HI/c1-3-24-22(26-20-10-12-27(13-11-20)16-21(28)23-2)25-15-17-8-9-18-6-4-5-7-19(18)14-17;/h4-9,14,20H,3,10-13,15-16H2,1-2H3,(H,23,28)(H2,24,25,26);1H. The molecule has 0 aliphatic carbocycles. The van der Waals surface area contributed by atoms with Gasteiger partial charge in [0.1, 0.15) is 0 Å². The molecule has 7 heteroatoms. The summed E-state index contributed by atoms with van der Waals surface area (Å²) >= 11 is 0. The molecule has 1 aliphatic rings. The van der Waals surface area contributed by atoms with Crippen LogP contribution in [-0.4, -0.2) is 56.0 Å². The molecular weight excluding hydrogens is 477 g/mol. The van der Waals surface area contributed by atoms with Crippen LogP contribution in [0.15, 0.2) is 47.5 Å². The number of guanidine groups is 1. The molecule has 6 nitrogen and oxygen atoms in total. The lowest BCUT2D eigenvalue weighted by Crippen LogP contribution is -2.50. The molecule has 1 heterocycles. The first kappa shape index (κ1) is 23.4. The average molecular weight is 509 g/mol. The highest BCUT2D eigenvalue weighted by atomic mass is 127. The van der Waals surface area contributed by atoms with Gasteiger partial charge >= 0.3 is 0 Å². The minimum atomic E-state index is 0. The molecule has 2 aromatic rings. The minimum Gasteiger partial charge on any atom is -0.358 e. The third-order valence-electron chi connectivity index (χ3n) is 5.15. The number of nitrogens with one attached hydrogen (secondary N) is 3. The van der Waals surface area contributed by atoms with E-state index in [1.54, 1.807) is 7.05 Å². The van der Waals surface area contributed by atoms with Crippen molar-refractivity contribution in [1.29, 1.82) is 0 Å². The second-order valence-corrected chi connectivity index (χ2v) is 7.24. The Morgan fingerprint density at radius 2 is 1.86 bits per heavy atom. The van der Waals surface area contributed by atoms with Gasteiger partial charge < -0.3 is 16.0 Å². The van der Waals surface area contributed by atoms with Gasteiger partial charge in [0, 0.05) is 32.7 Å². The number of nitrogens with zero attached hydrogens (tertiary/aromatic N) is 2. The zero-order chi connectivity index (χ0) is 19.8. The predicted molar refractivity (Wildman–Crippen MR) is 131 cm³/mol. The van der Waals surface area contributed by atoms with Gasteiger partial charge in [-0.3, -0.25) is 9.69 Å². The summed E-state index contributed by atoms with van der Waals surface area (Å²) in [4.78, 5) is 18.5. The van der Waals surface area contributed by atoms with Crippen LogP contribution in [0.4, 0.5) is 0 Å². The van der Waals surface area contributed by atoms with E-state index >= 15 is 0 Å². The number of likely N-dealkylation sites (N-methyl/N-ethyl adjacent to an activating group) is 1. The predicted octanol–water partition coefficient (Wildman–Crippen LogP) is 2.72. The van der Waals surface area contributed by atoms with E-state index in [0.717, 1.165) is 38.4 Å². The minimum absolute atomic E-state index is 0. The molecule has 0 saturated carbocycles. The molecule has 0 aromatic heterocycles. The summed E-state index contributed by atoms with van der Waals surface area (Å²) in [5, 5.41) is 12.1. The quantitative estimate of drug-likeness (QED) is 0.318. The lowest BCUT2D eigenvalue weighted by atomic mass is 10.1. The summed E-state index contributed by atoms with van der Waals surface area (Å²) in [5.41, 5.74) is 1.20. The second-order valence-electron chi connectivity index (χ2n) is 7.24. The molecule has 0 unspecified atom stereocenters. The maximum absolute atomic E-state index is 11.5. The number of hydrogen-bond acceptors (Lipinski definition) is 3. The van der Waals surface area contributed by atoms with E-state index in [9.17, 15) is 4.79 Å². The second kappa shape index (κ2) is 12.0. The first-order valence-electron chi connectivity index (χ1n) is 10.1. The molecule has 1 fully saturated rings. The van der Waals surface area contributed by atoms with Gasteiger partial charge in [-0.2, -0.15) is 0 Å². The number of hydrogen-bond donors (Lipinski definition) is 3. The van der Waals surface area contributed by atoms with Gasteiger partial charge in [-0.1, -0.05) is 36.4 Å². The van der Waals surface area contributed by atoms with Crippen molar-refractivity contribution in [3.05, 3.63) is 48.0 Å². The van der Waals surface area contributed by atoms with Crippen molar-refractivity contribution in [3.8, 4) is 0 Å². The summed E-state index contributed by atoms with van der Waals surface area (Å²) in [6.45, 7) is 5.90. The van der Waals surface area contributed by atoms with Gasteiger partial charge in [-0.15, -0.1) is 24.0 Å². The highest BCUT2D eigenvalue weighted by Crippen LogP contribution is 2.16. The van der Waals surface area contributed by atoms with Crippen molar-refractivity contribution in [2.24, 2.45) is 4.99 Å². The number of carbonyl (C=O) groups is 1. The summed E-state index contributed by atoms with van der Waals surface area (Å²) in [7, 11) is 1.69. The molecule has 0 atom stereocenters. The molecule has 3 N–H and O–H groups in total. The van der Waals surface area contributed by atoms with E-state index in [-0.39, 0.29) is 29.9 Å². The van der Waals surface area contributed by atoms with E-state index in [0.29, 0.717) is 19.1 Å². The van der Waals surface area contributed by atoms with Crippen LogP contribution in [0.5, 0.6) is 0 Å². The molecule has 2 aromatic carbocycles. The summed E-state index contributed by atoms with van der Waals surface area (Å²) in [6, 6.07) is 15.3. The number of halogens is 1. The van der Waals surface area contributed by atoms with Crippen molar-refractivity contribution in [3.63, 3.8) is 0 Å². The number of amides is 1. The Morgan fingerprint density at radius 3 is 2.55 bits per heavy atom. The van der Waals surface area contributed by atoms with Crippen LogP contribution in [0, 0.1) is 0 Å². The van der Waals surface area contributed by atoms with Crippen LogP contribution in [0.3, 0.4) is 0 Å². The van der Waals surface area contributed by atoms with Crippen LogP contribution in [0.2, 0.25) is 0 Å². The number of fused-ring (bicyclic) bond motifs is 1. The van der Waals surface area contributed by atoms with Crippen LogP contribution < -0.4 is 16.0 Å². The molecule has 0 spiro atoms. The number of carbonyl (C=O) groups excluding carboxylic acids is 1. The van der Waals surface area contributed by atoms with Crippen molar-refractivity contribution in [1.82, 2.24) is 20.9 Å². The maximum Gasteiger partial charge on any atom is 0.233 e. The Morgan fingerprint density at radius 1 is 1.14 bits per heavy atom. The van der Waals surface area contributed by atoms with Gasteiger partial charge in [-0.25, -0.2) is 4.99 Å². The summed E-state index contributed by atoms with van der Waals surface area (Å²) in [6.07, 6.45) is 2.02. The maximum atomic E-state index is 11.5. The zero-order valence-corrected chi connectivity index (χ0v) is 19.6. The fourth-order valence-electron chi connectivity index (χ4n) is 3.54. The molecule has 1 aliphatic heterocycles. The van der Waals surface area contributed by atoms with Crippen molar-refractivity contribution in [2.75, 3.05) is 33.2 Å². The SMILES string of the molecule is CCNC(=NCc1ccc2ccccc2c1)NC1CCN(CC(=O)NC)CC1.I. The fourth-order valence-corrected chi connectivity index (χ4v) is 3.54. The highest BCUT2D eigenvalue weighted by Gasteiger charge is 2.21. The Kier molecular flexibility index (Phi) is 9.66. The van der Waals surface area contributed by atoms with E-state index in [2.05, 4.69) is 70.2 Å². The van der Waals surface area contributed by atoms with E-state index in [4.69, 9.17) is 4.99 Å². The van der Waals surface area contributed by atoms with Crippen LogP contribution in [-0.2, 0) is 11.3 Å². The molecule has 3 rings (SSSR count).